The number of methoxy groups -OCH3 is 1. The molecule has 1 heterocycles. The van der Waals surface area contributed by atoms with Crippen molar-refractivity contribution in [1.29, 1.82) is 0 Å². The Morgan fingerprint density at radius 3 is 2.72 bits per heavy atom. The number of nitrogens with zero attached hydrogens (tertiary/aromatic N) is 2. The van der Waals surface area contributed by atoms with E-state index in [0.717, 1.165) is 28.5 Å². The van der Waals surface area contributed by atoms with Crippen LogP contribution in [0.25, 0.3) is 10.8 Å². The van der Waals surface area contributed by atoms with Crippen LogP contribution in [0.4, 0.5) is 0 Å². The van der Waals surface area contributed by atoms with Crippen molar-refractivity contribution in [2.45, 2.75) is 38.1 Å². The molecule has 1 aromatic heterocycles. The summed E-state index contributed by atoms with van der Waals surface area (Å²) in [5.74, 6) is 0.0899. The smallest absolute Gasteiger partial charge is 0.338 e. The summed E-state index contributed by atoms with van der Waals surface area (Å²) in [5.41, 5.74) is 1.24. The first-order chi connectivity index (χ1) is 14.0. The molecular formula is C22H25N3O4. The molecule has 152 valence electrons. The molecule has 1 unspecified atom stereocenters. The highest BCUT2D eigenvalue weighted by Gasteiger charge is 2.33. The van der Waals surface area contributed by atoms with Crippen molar-refractivity contribution in [2.24, 2.45) is 5.92 Å². The van der Waals surface area contributed by atoms with E-state index in [2.05, 4.69) is 28.6 Å². The Kier molecular flexibility index (Phi) is 5.51. The third-order valence-corrected chi connectivity index (χ3v) is 5.66. The molecule has 0 saturated heterocycles. The number of aliphatic hydroxyl groups is 1. The molecule has 3 N–H and O–H groups in total. The standard InChI is InChI=1S/C22H25N3O4/c1-29-21-9-16-5-3-2-4-15(16)8-17(21)10-23-19-6-14(7-20(19)26)12-25-13-18(11-24-25)22(27)28/h2-5,8-9,11,13-14,19-20,23,26H,6-7,10,12H2,1H3,(H,27,28)/t14?,19-,20-/m1/s1. The summed E-state index contributed by atoms with van der Waals surface area (Å²) in [7, 11) is 1.67. The fourth-order valence-electron chi connectivity index (χ4n) is 4.16. The molecule has 0 spiro atoms. The lowest BCUT2D eigenvalue weighted by molar-refractivity contribution is 0.0696. The van der Waals surface area contributed by atoms with E-state index in [0.29, 0.717) is 19.5 Å². The topological polar surface area (TPSA) is 96.6 Å². The highest BCUT2D eigenvalue weighted by Crippen LogP contribution is 2.30. The second kappa shape index (κ2) is 8.23. The zero-order valence-electron chi connectivity index (χ0n) is 16.3. The van der Waals surface area contributed by atoms with Gasteiger partial charge in [-0.2, -0.15) is 5.10 Å². The Balaban J connectivity index is 1.39. The Morgan fingerprint density at radius 2 is 2.03 bits per heavy atom. The van der Waals surface area contributed by atoms with E-state index < -0.39 is 12.1 Å². The van der Waals surface area contributed by atoms with Gasteiger partial charge < -0.3 is 20.3 Å². The zero-order valence-corrected chi connectivity index (χ0v) is 16.3. The molecule has 29 heavy (non-hydrogen) atoms. The number of nitrogens with one attached hydrogen (secondary N) is 1. The average Bonchev–Trinajstić information content (AvgIpc) is 3.32. The van der Waals surface area contributed by atoms with Gasteiger partial charge in [0.2, 0.25) is 0 Å². The van der Waals surface area contributed by atoms with Crippen LogP contribution in [0.15, 0.2) is 48.8 Å². The molecule has 4 rings (SSSR count). The average molecular weight is 395 g/mol. The Bertz CT molecular complexity index is 1020. The third-order valence-electron chi connectivity index (χ3n) is 5.66. The maximum Gasteiger partial charge on any atom is 0.338 e. The molecule has 0 bridgehead atoms. The number of ether oxygens (including phenoxy) is 1. The van der Waals surface area contributed by atoms with E-state index in [1.54, 1.807) is 11.8 Å². The van der Waals surface area contributed by atoms with Gasteiger partial charge >= 0.3 is 5.97 Å². The summed E-state index contributed by atoms with van der Waals surface area (Å²) < 4.78 is 7.20. The summed E-state index contributed by atoms with van der Waals surface area (Å²) >= 11 is 0. The maximum atomic E-state index is 11.0. The van der Waals surface area contributed by atoms with Crippen molar-refractivity contribution >= 4 is 16.7 Å². The number of carbonyl (C=O) groups is 1. The quantitative estimate of drug-likeness (QED) is 0.569. The maximum absolute atomic E-state index is 11.0. The van der Waals surface area contributed by atoms with Crippen LogP contribution < -0.4 is 10.1 Å². The van der Waals surface area contributed by atoms with Gasteiger partial charge in [0.25, 0.3) is 0 Å². The minimum absolute atomic E-state index is 0.0225. The van der Waals surface area contributed by atoms with Gasteiger partial charge in [-0.05, 0) is 41.7 Å². The van der Waals surface area contributed by atoms with Gasteiger partial charge in [0.15, 0.2) is 0 Å². The van der Waals surface area contributed by atoms with Crippen LogP contribution in [0.2, 0.25) is 0 Å². The van der Waals surface area contributed by atoms with Gasteiger partial charge in [-0.15, -0.1) is 0 Å². The summed E-state index contributed by atoms with van der Waals surface area (Å²) in [6, 6.07) is 12.3. The van der Waals surface area contributed by atoms with E-state index in [1.807, 2.05) is 18.2 Å². The molecule has 7 nitrogen and oxygen atoms in total. The van der Waals surface area contributed by atoms with Crippen LogP contribution in [-0.4, -0.2) is 45.2 Å². The van der Waals surface area contributed by atoms with E-state index in [-0.39, 0.29) is 17.5 Å². The van der Waals surface area contributed by atoms with Gasteiger partial charge in [0.1, 0.15) is 5.75 Å². The Labute approximate surface area is 168 Å². The molecule has 3 aromatic rings. The lowest BCUT2D eigenvalue weighted by atomic mass is 10.0. The zero-order chi connectivity index (χ0) is 20.4. The minimum Gasteiger partial charge on any atom is -0.496 e. The number of carboxylic acids is 1. The number of aliphatic hydroxyl groups excluding tert-OH is 1. The van der Waals surface area contributed by atoms with Crippen LogP contribution in [-0.2, 0) is 13.1 Å². The fraction of sp³-hybridized carbons (Fsp3) is 0.364. The van der Waals surface area contributed by atoms with Crippen molar-refractivity contribution in [2.75, 3.05) is 7.11 Å². The number of rotatable bonds is 7. The molecule has 3 atom stereocenters. The van der Waals surface area contributed by atoms with E-state index >= 15 is 0 Å². The fourth-order valence-corrected chi connectivity index (χ4v) is 4.16. The number of aromatic nitrogens is 2. The van der Waals surface area contributed by atoms with Crippen LogP contribution in [0.1, 0.15) is 28.8 Å². The van der Waals surface area contributed by atoms with Crippen molar-refractivity contribution in [3.63, 3.8) is 0 Å². The molecule has 1 saturated carbocycles. The molecule has 0 radical (unpaired) electrons. The van der Waals surface area contributed by atoms with Crippen molar-refractivity contribution in [3.05, 3.63) is 59.9 Å². The molecule has 0 amide bonds. The number of benzene rings is 2. The first kappa shape index (κ1) is 19.4. The monoisotopic (exact) mass is 395 g/mol. The first-order valence-electron chi connectivity index (χ1n) is 9.76. The minimum atomic E-state index is -0.980. The first-order valence-corrected chi connectivity index (χ1v) is 9.76. The van der Waals surface area contributed by atoms with E-state index in [9.17, 15) is 9.90 Å². The molecular weight excluding hydrogens is 370 g/mol. The number of fused-ring (bicyclic) bond motifs is 1. The van der Waals surface area contributed by atoms with Gasteiger partial charge in [-0.3, -0.25) is 4.68 Å². The summed E-state index contributed by atoms with van der Waals surface area (Å²) in [5, 5.41) is 29.4. The van der Waals surface area contributed by atoms with E-state index in [1.165, 1.54) is 12.4 Å². The second-order valence-electron chi connectivity index (χ2n) is 7.66. The van der Waals surface area contributed by atoms with Gasteiger partial charge in [0, 0.05) is 30.9 Å². The molecule has 0 aliphatic heterocycles. The number of hydrogen-bond donors (Lipinski definition) is 3. The van der Waals surface area contributed by atoms with Crippen molar-refractivity contribution in [1.82, 2.24) is 15.1 Å². The molecule has 1 aliphatic carbocycles. The normalized spacial score (nSPS) is 21.5. The van der Waals surface area contributed by atoms with Gasteiger partial charge in [0.05, 0.1) is 25.0 Å². The largest absolute Gasteiger partial charge is 0.496 e. The number of aromatic carboxylic acids is 1. The molecule has 1 fully saturated rings. The van der Waals surface area contributed by atoms with Crippen LogP contribution in [0.3, 0.4) is 0 Å². The predicted molar refractivity (Wildman–Crippen MR) is 109 cm³/mol. The van der Waals surface area contributed by atoms with Crippen molar-refractivity contribution < 1.29 is 19.7 Å². The highest BCUT2D eigenvalue weighted by atomic mass is 16.5. The van der Waals surface area contributed by atoms with Crippen LogP contribution in [0, 0.1) is 5.92 Å². The summed E-state index contributed by atoms with van der Waals surface area (Å²) in [6.07, 6.45) is 3.92. The summed E-state index contributed by atoms with van der Waals surface area (Å²) in [6.45, 7) is 1.20. The third kappa shape index (κ3) is 4.26. The second-order valence-corrected chi connectivity index (χ2v) is 7.66. The number of hydrogen-bond acceptors (Lipinski definition) is 5. The van der Waals surface area contributed by atoms with Crippen LogP contribution in [0.5, 0.6) is 5.75 Å². The predicted octanol–water partition coefficient (Wildman–Crippen LogP) is 2.67. The lowest BCUT2D eigenvalue weighted by Crippen LogP contribution is -2.35. The van der Waals surface area contributed by atoms with E-state index in [4.69, 9.17) is 9.84 Å². The molecule has 7 heteroatoms. The van der Waals surface area contributed by atoms with Crippen molar-refractivity contribution in [3.8, 4) is 5.75 Å². The molecule has 1 aliphatic rings. The lowest BCUT2D eigenvalue weighted by Gasteiger charge is -2.18. The summed E-state index contributed by atoms with van der Waals surface area (Å²) in [4.78, 5) is 11.0. The highest BCUT2D eigenvalue weighted by molar-refractivity contribution is 5.86. The number of carboxylic acid groups (broad SMARTS) is 1. The Morgan fingerprint density at radius 1 is 1.28 bits per heavy atom. The van der Waals surface area contributed by atoms with Crippen LogP contribution >= 0.6 is 0 Å². The van der Waals surface area contributed by atoms with Gasteiger partial charge in [-0.1, -0.05) is 24.3 Å². The SMILES string of the molecule is COc1cc2ccccc2cc1CN[C@@H]1CC(Cn2cc(C(=O)O)cn2)C[C@H]1O. The molecule has 2 aromatic carbocycles. The van der Waals surface area contributed by atoms with Gasteiger partial charge in [-0.25, -0.2) is 4.79 Å². The Hall–Kier alpha value is -2.90.